The molecule has 0 aliphatic carbocycles. The predicted octanol–water partition coefficient (Wildman–Crippen LogP) is 1.56. The Balaban J connectivity index is 0.00000225. The molecule has 0 atom stereocenters. The number of hydrogen-bond donors (Lipinski definition) is 2. The highest BCUT2D eigenvalue weighted by atomic mass is 35.5. The fourth-order valence-corrected chi connectivity index (χ4v) is 0.926. The van der Waals surface area contributed by atoms with Crippen LogP contribution in [0.5, 0.6) is 0 Å². The number of carbonyl (C=O) groups is 2. The van der Waals surface area contributed by atoms with Crippen molar-refractivity contribution in [2.75, 3.05) is 5.32 Å². The normalized spacial score (nSPS) is 9.56. The summed E-state index contributed by atoms with van der Waals surface area (Å²) in [6, 6.07) is 3.26. The average molecular weight is 243 g/mol. The number of amides is 1. The number of rotatable bonds is 3. The van der Waals surface area contributed by atoms with Crippen molar-refractivity contribution in [3.8, 4) is 0 Å². The molecule has 0 aliphatic rings. The molecular formula is C10H11ClN2O3. The van der Waals surface area contributed by atoms with Gasteiger partial charge in [-0.05, 0) is 23.8 Å². The third-order valence-corrected chi connectivity index (χ3v) is 1.51. The van der Waals surface area contributed by atoms with E-state index in [-0.39, 0.29) is 18.3 Å². The number of aliphatic carboxylic acids is 1. The summed E-state index contributed by atoms with van der Waals surface area (Å²) in [4.78, 5) is 24.8. The first-order chi connectivity index (χ1) is 7.08. The van der Waals surface area contributed by atoms with Crippen molar-refractivity contribution in [2.24, 2.45) is 0 Å². The monoisotopic (exact) mass is 242 g/mol. The molecule has 0 unspecified atom stereocenters. The minimum atomic E-state index is -1.01. The highest BCUT2D eigenvalue weighted by molar-refractivity contribution is 5.88. The molecule has 1 rings (SSSR count). The lowest BCUT2D eigenvalue weighted by Crippen LogP contribution is -2.06. The second kappa shape index (κ2) is 6.58. The minimum absolute atomic E-state index is 0. The molecule has 0 spiro atoms. The van der Waals surface area contributed by atoms with E-state index < -0.39 is 5.97 Å². The van der Waals surface area contributed by atoms with Crippen molar-refractivity contribution in [3.63, 3.8) is 0 Å². The Morgan fingerprint density at radius 3 is 2.56 bits per heavy atom. The van der Waals surface area contributed by atoms with Gasteiger partial charge in [-0.2, -0.15) is 0 Å². The van der Waals surface area contributed by atoms with Gasteiger partial charge >= 0.3 is 5.97 Å². The van der Waals surface area contributed by atoms with Crippen LogP contribution in [-0.4, -0.2) is 22.0 Å². The van der Waals surface area contributed by atoms with Gasteiger partial charge in [0.1, 0.15) is 5.82 Å². The van der Waals surface area contributed by atoms with Crippen molar-refractivity contribution >= 4 is 36.2 Å². The topological polar surface area (TPSA) is 79.3 Å². The SMILES string of the molecule is CC(=O)Nc1ccc(/C=C/C(=O)O)cn1.Cl. The van der Waals surface area contributed by atoms with Crippen LogP contribution in [0.2, 0.25) is 0 Å². The number of carboxylic acid groups (broad SMARTS) is 1. The Morgan fingerprint density at radius 2 is 2.12 bits per heavy atom. The van der Waals surface area contributed by atoms with Crippen molar-refractivity contribution in [3.05, 3.63) is 30.0 Å². The molecule has 5 nitrogen and oxygen atoms in total. The van der Waals surface area contributed by atoms with E-state index in [1.807, 2.05) is 0 Å². The molecule has 0 saturated carbocycles. The van der Waals surface area contributed by atoms with Crippen molar-refractivity contribution in [1.29, 1.82) is 0 Å². The maximum Gasteiger partial charge on any atom is 0.328 e. The lowest BCUT2D eigenvalue weighted by Gasteiger charge is -2.00. The van der Waals surface area contributed by atoms with E-state index in [9.17, 15) is 9.59 Å². The van der Waals surface area contributed by atoms with Crippen LogP contribution in [-0.2, 0) is 9.59 Å². The van der Waals surface area contributed by atoms with Crippen LogP contribution < -0.4 is 5.32 Å². The molecule has 1 aromatic heterocycles. The first-order valence-corrected chi connectivity index (χ1v) is 4.22. The van der Waals surface area contributed by atoms with Crippen LogP contribution in [0.25, 0.3) is 6.08 Å². The molecule has 86 valence electrons. The van der Waals surface area contributed by atoms with E-state index in [1.165, 1.54) is 19.2 Å². The van der Waals surface area contributed by atoms with Crippen molar-refractivity contribution in [1.82, 2.24) is 4.98 Å². The number of nitrogens with one attached hydrogen (secondary N) is 1. The zero-order valence-corrected chi connectivity index (χ0v) is 9.32. The van der Waals surface area contributed by atoms with Crippen LogP contribution in [0.15, 0.2) is 24.4 Å². The van der Waals surface area contributed by atoms with Crippen LogP contribution in [0, 0.1) is 0 Å². The van der Waals surface area contributed by atoms with Crippen LogP contribution in [0.3, 0.4) is 0 Å². The summed E-state index contributed by atoms with van der Waals surface area (Å²) in [5.41, 5.74) is 0.659. The number of nitrogens with zero attached hydrogens (tertiary/aromatic N) is 1. The smallest absolute Gasteiger partial charge is 0.328 e. The molecule has 0 aliphatic heterocycles. The number of pyridine rings is 1. The fraction of sp³-hybridized carbons (Fsp3) is 0.100. The molecule has 1 heterocycles. The first kappa shape index (κ1) is 14.1. The van der Waals surface area contributed by atoms with Gasteiger partial charge in [-0.1, -0.05) is 0 Å². The molecular weight excluding hydrogens is 232 g/mol. The fourth-order valence-electron chi connectivity index (χ4n) is 0.926. The molecule has 0 aromatic carbocycles. The first-order valence-electron chi connectivity index (χ1n) is 4.22. The molecule has 0 fully saturated rings. The maximum absolute atomic E-state index is 10.7. The van der Waals surface area contributed by atoms with Gasteiger partial charge in [0.25, 0.3) is 0 Å². The largest absolute Gasteiger partial charge is 0.478 e. The Labute approximate surface area is 98.6 Å². The zero-order chi connectivity index (χ0) is 11.3. The van der Waals surface area contributed by atoms with Crippen LogP contribution >= 0.6 is 12.4 Å². The van der Waals surface area contributed by atoms with Crippen molar-refractivity contribution < 1.29 is 14.7 Å². The number of hydrogen-bond acceptors (Lipinski definition) is 3. The zero-order valence-electron chi connectivity index (χ0n) is 8.51. The third kappa shape index (κ3) is 5.11. The molecule has 2 N–H and O–H groups in total. The van der Waals surface area contributed by atoms with E-state index in [0.717, 1.165) is 6.08 Å². The standard InChI is InChI=1S/C10H10N2O3.ClH/c1-7(13)12-9-4-2-8(6-11-9)3-5-10(14)15;/h2-6H,1H3,(H,14,15)(H,11,12,13);1H/b5-3+;. The van der Waals surface area contributed by atoms with Gasteiger partial charge in [0.15, 0.2) is 0 Å². The quantitative estimate of drug-likeness (QED) is 0.789. The number of aromatic nitrogens is 1. The molecule has 0 radical (unpaired) electrons. The number of halogens is 1. The Bertz CT molecular complexity index is 401. The van der Waals surface area contributed by atoms with Gasteiger partial charge in [-0.3, -0.25) is 4.79 Å². The number of anilines is 1. The second-order valence-corrected chi connectivity index (χ2v) is 2.83. The lowest BCUT2D eigenvalue weighted by molar-refractivity contribution is -0.131. The van der Waals surface area contributed by atoms with E-state index in [0.29, 0.717) is 11.4 Å². The minimum Gasteiger partial charge on any atom is -0.478 e. The summed E-state index contributed by atoms with van der Waals surface area (Å²) in [5, 5.41) is 10.9. The predicted molar refractivity (Wildman–Crippen MR) is 62.5 cm³/mol. The van der Waals surface area contributed by atoms with Gasteiger partial charge in [0, 0.05) is 19.2 Å². The summed E-state index contributed by atoms with van der Waals surface area (Å²) >= 11 is 0. The Hall–Kier alpha value is -1.88. The Kier molecular flexibility index (Phi) is 5.80. The molecule has 0 saturated heterocycles. The van der Waals surface area contributed by atoms with Gasteiger partial charge in [-0.25, -0.2) is 9.78 Å². The average Bonchev–Trinajstić information content (AvgIpc) is 2.16. The molecule has 6 heteroatoms. The summed E-state index contributed by atoms with van der Waals surface area (Å²) in [6.45, 7) is 1.39. The Morgan fingerprint density at radius 1 is 1.44 bits per heavy atom. The van der Waals surface area contributed by atoms with E-state index in [2.05, 4.69) is 10.3 Å². The maximum atomic E-state index is 10.7. The number of carboxylic acids is 1. The highest BCUT2D eigenvalue weighted by Gasteiger charge is 1.96. The molecule has 0 bridgehead atoms. The summed E-state index contributed by atoms with van der Waals surface area (Å²) in [5.74, 6) is -0.771. The summed E-state index contributed by atoms with van der Waals surface area (Å²) < 4.78 is 0. The lowest BCUT2D eigenvalue weighted by atomic mass is 10.2. The summed E-state index contributed by atoms with van der Waals surface area (Å²) in [7, 11) is 0. The van der Waals surface area contributed by atoms with Gasteiger partial charge in [-0.15, -0.1) is 12.4 Å². The van der Waals surface area contributed by atoms with Gasteiger partial charge < -0.3 is 10.4 Å². The molecule has 16 heavy (non-hydrogen) atoms. The molecule has 1 aromatic rings. The highest BCUT2D eigenvalue weighted by Crippen LogP contribution is 2.06. The van der Waals surface area contributed by atoms with Crippen LogP contribution in [0.1, 0.15) is 12.5 Å². The van der Waals surface area contributed by atoms with Gasteiger partial charge in [0.2, 0.25) is 5.91 Å². The van der Waals surface area contributed by atoms with E-state index >= 15 is 0 Å². The third-order valence-electron chi connectivity index (χ3n) is 1.51. The van der Waals surface area contributed by atoms with E-state index in [1.54, 1.807) is 12.1 Å². The number of carbonyl (C=O) groups excluding carboxylic acids is 1. The van der Waals surface area contributed by atoms with Gasteiger partial charge in [0.05, 0.1) is 0 Å². The van der Waals surface area contributed by atoms with E-state index in [4.69, 9.17) is 5.11 Å². The summed E-state index contributed by atoms with van der Waals surface area (Å²) in [6.07, 6.45) is 3.92. The molecule has 1 amide bonds. The second-order valence-electron chi connectivity index (χ2n) is 2.83. The van der Waals surface area contributed by atoms with Crippen LogP contribution in [0.4, 0.5) is 5.82 Å². The van der Waals surface area contributed by atoms with Crippen molar-refractivity contribution in [2.45, 2.75) is 6.92 Å².